The Kier molecular flexibility index (Phi) is 2.84. The summed E-state index contributed by atoms with van der Waals surface area (Å²) in [6, 6.07) is -0.311. The average molecular weight is 296 g/mol. The summed E-state index contributed by atoms with van der Waals surface area (Å²) in [6.45, 7) is 5.86. The molecule has 1 aliphatic rings. The van der Waals surface area contributed by atoms with Crippen LogP contribution in [0.15, 0.2) is 0 Å². The highest BCUT2D eigenvalue weighted by Gasteiger charge is 2.48. The molecule has 1 rings (SSSR count). The zero-order valence-corrected chi connectivity index (χ0v) is 10.1. The van der Waals surface area contributed by atoms with Gasteiger partial charge in [0.05, 0.1) is 22.9 Å². The number of hydrogen-bond donors (Lipinski definition) is 1. The van der Waals surface area contributed by atoms with Crippen molar-refractivity contribution in [3.05, 3.63) is 0 Å². The molecule has 1 N–H and O–H groups in total. The molecule has 0 spiro atoms. The second-order valence-corrected chi connectivity index (χ2v) is 4.88. The van der Waals surface area contributed by atoms with Gasteiger partial charge in [-0.1, -0.05) is 13.8 Å². The van der Waals surface area contributed by atoms with Crippen LogP contribution in [0.3, 0.4) is 0 Å². The van der Waals surface area contributed by atoms with E-state index in [1.807, 2.05) is 36.7 Å². The first-order valence-corrected chi connectivity index (χ1v) is 5.16. The normalized spacial score (nSPS) is 28.5. The first-order chi connectivity index (χ1) is 5.88. The van der Waals surface area contributed by atoms with E-state index in [1.165, 1.54) is 3.11 Å². The number of rotatable bonds is 2. The SMILES string of the molecule is CC(C)CC1(C)C(=O)NC(=O)N1I. The van der Waals surface area contributed by atoms with E-state index in [4.69, 9.17) is 0 Å². The first-order valence-electron chi connectivity index (χ1n) is 4.19. The second-order valence-electron chi connectivity index (χ2n) is 3.91. The third kappa shape index (κ3) is 1.79. The lowest BCUT2D eigenvalue weighted by molar-refractivity contribution is -0.124. The summed E-state index contributed by atoms with van der Waals surface area (Å²) >= 11 is 1.89. The minimum Gasteiger partial charge on any atom is -0.275 e. The Bertz CT molecular complexity index is 255. The predicted molar refractivity (Wildman–Crippen MR) is 57.3 cm³/mol. The van der Waals surface area contributed by atoms with E-state index in [1.54, 1.807) is 6.92 Å². The minimum atomic E-state index is -0.675. The molecule has 0 saturated carbocycles. The molecule has 0 radical (unpaired) electrons. The van der Waals surface area contributed by atoms with Crippen molar-refractivity contribution in [1.29, 1.82) is 0 Å². The summed E-state index contributed by atoms with van der Waals surface area (Å²) in [7, 11) is 0. The quantitative estimate of drug-likeness (QED) is 0.479. The van der Waals surface area contributed by atoms with Gasteiger partial charge in [0.15, 0.2) is 0 Å². The summed E-state index contributed by atoms with van der Waals surface area (Å²) < 4.78 is 1.45. The summed E-state index contributed by atoms with van der Waals surface area (Å²) in [5.74, 6) is 0.194. The zero-order chi connectivity index (χ0) is 10.2. The van der Waals surface area contributed by atoms with E-state index in [-0.39, 0.29) is 11.9 Å². The molecule has 0 aromatic heterocycles. The molecule has 0 aromatic carbocycles. The van der Waals surface area contributed by atoms with Gasteiger partial charge in [0.1, 0.15) is 5.54 Å². The summed E-state index contributed by atoms with van der Waals surface area (Å²) in [5, 5.41) is 2.30. The van der Waals surface area contributed by atoms with Gasteiger partial charge in [0.25, 0.3) is 5.91 Å². The Hall–Kier alpha value is -0.330. The van der Waals surface area contributed by atoms with E-state index in [2.05, 4.69) is 5.32 Å². The predicted octanol–water partition coefficient (Wildman–Crippen LogP) is 1.69. The van der Waals surface area contributed by atoms with Crippen LogP contribution in [0.4, 0.5) is 4.79 Å². The number of nitrogens with one attached hydrogen (secondary N) is 1. The number of urea groups is 1. The lowest BCUT2D eigenvalue weighted by atomic mass is 9.91. The van der Waals surface area contributed by atoms with Crippen molar-refractivity contribution in [3.8, 4) is 0 Å². The number of carbonyl (C=O) groups is 2. The molecule has 13 heavy (non-hydrogen) atoms. The Morgan fingerprint density at radius 3 is 2.38 bits per heavy atom. The van der Waals surface area contributed by atoms with Crippen LogP contribution in [-0.4, -0.2) is 20.6 Å². The second kappa shape index (κ2) is 3.43. The van der Waals surface area contributed by atoms with Crippen LogP contribution in [0.25, 0.3) is 0 Å². The first kappa shape index (κ1) is 10.7. The largest absolute Gasteiger partial charge is 0.333 e. The highest BCUT2D eigenvalue weighted by molar-refractivity contribution is 14.1. The molecule has 1 saturated heterocycles. The fraction of sp³-hybridized carbons (Fsp3) is 0.750. The van der Waals surface area contributed by atoms with Crippen molar-refractivity contribution in [1.82, 2.24) is 8.43 Å². The van der Waals surface area contributed by atoms with E-state index < -0.39 is 5.54 Å². The van der Waals surface area contributed by atoms with Crippen molar-refractivity contribution in [2.75, 3.05) is 0 Å². The maximum absolute atomic E-state index is 11.5. The van der Waals surface area contributed by atoms with Crippen molar-refractivity contribution >= 4 is 34.8 Å². The molecule has 1 aliphatic heterocycles. The van der Waals surface area contributed by atoms with Gasteiger partial charge in [-0.15, -0.1) is 0 Å². The highest BCUT2D eigenvalue weighted by atomic mass is 127. The molecule has 74 valence electrons. The third-order valence-corrected chi connectivity index (χ3v) is 3.63. The van der Waals surface area contributed by atoms with Crippen LogP contribution in [0.2, 0.25) is 0 Å². The number of carbonyl (C=O) groups excluding carboxylic acids is 2. The van der Waals surface area contributed by atoms with Crippen LogP contribution in [-0.2, 0) is 4.79 Å². The van der Waals surface area contributed by atoms with E-state index in [9.17, 15) is 9.59 Å². The van der Waals surface area contributed by atoms with Crippen molar-refractivity contribution in [2.24, 2.45) is 5.92 Å². The van der Waals surface area contributed by atoms with Gasteiger partial charge in [0.2, 0.25) is 0 Å². The van der Waals surface area contributed by atoms with Crippen molar-refractivity contribution in [3.63, 3.8) is 0 Å². The molecule has 0 aliphatic carbocycles. The highest BCUT2D eigenvalue weighted by Crippen LogP contribution is 2.31. The standard InChI is InChI=1S/C8H13IN2O2/c1-5(2)4-8(3)6(12)10-7(13)11(8)9/h5H,4H2,1-3H3,(H,10,12,13). The maximum atomic E-state index is 11.5. The fourth-order valence-corrected chi connectivity index (χ4v) is 2.10. The molecule has 0 aromatic rings. The molecule has 5 heteroatoms. The topological polar surface area (TPSA) is 49.4 Å². The lowest BCUT2D eigenvalue weighted by Crippen LogP contribution is -2.42. The van der Waals surface area contributed by atoms with Gasteiger partial charge < -0.3 is 0 Å². The van der Waals surface area contributed by atoms with Gasteiger partial charge in [0, 0.05) is 0 Å². The molecule has 4 nitrogen and oxygen atoms in total. The monoisotopic (exact) mass is 296 g/mol. The zero-order valence-electron chi connectivity index (χ0n) is 7.93. The van der Waals surface area contributed by atoms with Crippen LogP contribution in [0.1, 0.15) is 27.2 Å². The minimum absolute atomic E-state index is 0.194. The lowest BCUT2D eigenvalue weighted by Gasteiger charge is -2.27. The Morgan fingerprint density at radius 2 is 2.08 bits per heavy atom. The third-order valence-electron chi connectivity index (χ3n) is 2.13. The van der Waals surface area contributed by atoms with E-state index in [0.717, 1.165) is 0 Å². The fourth-order valence-electron chi connectivity index (χ4n) is 1.56. The Balaban J connectivity index is 2.87. The summed E-state index contributed by atoms with van der Waals surface area (Å²) in [4.78, 5) is 22.6. The van der Waals surface area contributed by atoms with Crippen LogP contribution in [0.5, 0.6) is 0 Å². The van der Waals surface area contributed by atoms with Gasteiger partial charge in [-0.25, -0.2) is 4.79 Å². The van der Waals surface area contributed by atoms with Gasteiger partial charge in [-0.3, -0.25) is 13.2 Å². The number of hydrogen-bond acceptors (Lipinski definition) is 2. The van der Waals surface area contributed by atoms with Gasteiger partial charge in [-0.2, -0.15) is 0 Å². The molecule has 1 fully saturated rings. The number of amides is 3. The summed E-state index contributed by atoms with van der Waals surface area (Å²) in [5.41, 5.74) is -0.675. The van der Waals surface area contributed by atoms with Crippen LogP contribution >= 0.6 is 22.9 Å². The van der Waals surface area contributed by atoms with E-state index >= 15 is 0 Å². The van der Waals surface area contributed by atoms with Crippen LogP contribution in [0, 0.1) is 5.92 Å². The molecular formula is C8H13IN2O2. The molecule has 1 heterocycles. The molecule has 0 bridgehead atoms. The Morgan fingerprint density at radius 1 is 1.54 bits per heavy atom. The van der Waals surface area contributed by atoms with Crippen LogP contribution < -0.4 is 5.32 Å². The summed E-state index contributed by atoms with van der Waals surface area (Å²) in [6.07, 6.45) is 0.688. The Labute approximate surface area is 91.5 Å². The molecule has 1 unspecified atom stereocenters. The molecular weight excluding hydrogens is 283 g/mol. The smallest absolute Gasteiger partial charge is 0.275 e. The molecule has 1 atom stereocenters. The van der Waals surface area contributed by atoms with E-state index in [0.29, 0.717) is 12.3 Å². The van der Waals surface area contributed by atoms with Crippen molar-refractivity contribution < 1.29 is 9.59 Å². The maximum Gasteiger partial charge on any atom is 0.333 e. The number of halogens is 1. The van der Waals surface area contributed by atoms with Crippen molar-refractivity contribution in [2.45, 2.75) is 32.7 Å². The molecule has 3 amide bonds. The number of nitrogens with zero attached hydrogens (tertiary/aromatic N) is 1. The van der Waals surface area contributed by atoms with Gasteiger partial charge in [-0.05, 0) is 19.3 Å². The average Bonchev–Trinajstić information content (AvgIpc) is 2.15. The van der Waals surface area contributed by atoms with Gasteiger partial charge >= 0.3 is 6.03 Å². The number of imide groups is 1.